The van der Waals surface area contributed by atoms with Gasteiger partial charge in [0.2, 0.25) is 11.8 Å². The predicted molar refractivity (Wildman–Crippen MR) is 99.3 cm³/mol. The fourth-order valence-corrected chi connectivity index (χ4v) is 2.81. The van der Waals surface area contributed by atoms with Crippen LogP contribution in [-0.4, -0.2) is 53.3 Å². The van der Waals surface area contributed by atoms with Gasteiger partial charge in [-0.05, 0) is 53.8 Å². The van der Waals surface area contributed by atoms with E-state index >= 15 is 0 Å². The number of hydrogen-bond acceptors (Lipinski definition) is 3. The van der Waals surface area contributed by atoms with Gasteiger partial charge in [0, 0.05) is 12.1 Å². The van der Waals surface area contributed by atoms with Crippen molar-refractivity contribution in [2.24, 2.45) is 0 Å². The second kappa shape index (κ2) is 9.04. The molecule has 1 atom stereocenters. The molecule has 5 nitrogen and oxygen atoms in total. The molecule has 0 spiro atoms. The van der Waals surface area contributed by atoms with Crippen molar-refractivity contribution >= 4 is 29.1 Å². The maximum atomic E-state index is 12.7. The molecule has 0 aliphatic rings. The number of benzene rings is 1. The summed E-state index contributed by atoms with van der Waals surface area (Å²) in [5, 5.41) is 3.26. The second-order valence-electron chi connectivity index (χ2n) is 6.55. The van der Waals surface area contributed by atoms with Crippen LogP contribution in [0.15, 0.2) is 24.3 Å². The summed E-state index contributed by atoms with van der Waals surface area (Å²) in [6, 6.07) is 6.92. The van der Waals surface area contributed by atoms with E-state index in [0.717, 1.165) is 0 Å². The summed E-state index contributed by atoms with van der Waals surface area (Å²) in [5.41, 5.74) is 0.572. The van der Waals surface area contributed by atoms with Crippen molar-refractivity contribution in [3.8, 4) is 0 Å². The summed E-state index contributed by atoms with van der Waals surface area (Å²) in [4.78, 5) is 28.5. The minimum Gasteiger partial charge on any atom is -0.336 e. The summed E-state index contributed by atoms with van der Waals surface area (Å²) in [7, 11) is 1.77. The normalized spacial score (nSPS) is 12.6. The molecule has 0 heterocycles. The standard InChI is InChI=1S/C18H28ClN3O2/c1-12(2)22(13(3)4)18(24)14(5)21(6)11-17(23)20-16-10-8-7-9-15(16)19/h7-10,12-14H,11H2,1-6H3,(H,20,23). The summed E-state index contributed by atoms with van der Waals surface area (Å²) >= 11 is 6.04. The van der Waals surface area contributed by atoms with Gasteiger partial charge >= 0.3 is 0 Å². The molecular formula is C18H28ClN3O2. The lowest BCUT2D eigenvalue weighted by Crippen LogP contribution is -2.52. The van der Waals surface area contributed by atoms with Gasteiger partial charge in [0.15, 0.2) is 0 Å². The SMILES string of the molecule is CC(C(=O)N(C(C)C)C(C)C)N(C)CC(=O)Nc1ccccc1Cl. The first kappa shape index (κ1) is 20.5. The van der Waals surface area contributed by atoms with Crippen LogP contribution in [0, 0.1) is 0 Å². The van der Waals surface area contributed by atoms with Gasteiger partial charge in [-0.3, -0.25) is 14.5 Å². The van der Waals surface area contributed by atoms with Crippen molar-refractivity contribution < 1.29 is 9.59 Å². The molecule has 0 aliphatic carbocycles. The Morgan fingerprint density at radius 3 is 2.12 bits per heavy atom. The van der Waals surface area contributed by atoms with Crippen molar-refractivity contribution in [1.29, 1.82) is 0 Å². The number of likely N-dealkylation sites (N-methyl/N-ethyl adjacent to an activating group) is 1. The summed E-state index contributed by atoms with van der Waals surface area (Å²) in [5.74, 6) is -0.182. The Labute approximate surface area is 150 Å². The first-order chi connectivity index (χ1) is 11.1. The summed E-state index contributed by atoms with van der Waals surface area (Å²) in [6.45, 7) is 9.91. The molecule has 0 saturated heterocycles. The van der Waals surface area contributed by atoms with E-state index in [9.17, 15) is 9.59 Å². The molecular weight excluding hydrogens is 326 g/mol. The molecule has 0 radical (unpaired) electrons. The maximum Gasteiger partial charge on any atom is 0.240 e. The van der Waals surface area contributed by atoms with E-state index in [1.807, 2.05) is 39.5 Å². The van der Waals surface area contributed by atoms with Crippen molar-refractivity contribution in [2.75, 3.05) is 18.9 Å². The molecule has 1 aromatic rings. The third-order valence-electron chi connectivity index (χ3n) is 3.93. The van der Waals surface area contributed by atoms with Crippen LogP contribution < -0.4 is 5.32 Å². The van der Waals surface area contributed by atoms with Crippen molar-refractivity contribution in [2.45, 2.75) is 52.7 Å². The average Bonchev–Trinajstić information content (AvgIpc) is 2.47. The molecule has 134 valence electrons. The molecule has 24 heavy (non-hydrogen) atoms. The van der Waals surface area contributed by atoms with E-state index in [4.69, 9.17) is 11.6 Å². The van der Waals surface area contributed by atoms with Gasteiger partial charge in [-0.15, -0.1) is 0 Å². The van der Waals surface area contributed by atoms with Crippen LogP contribution in [-0.2, 0) is 9.59 Å². The van der Waals surface area contributed by atoms with Crippen LogP contribution in [0.5, 0.6) is 0 Å². The number of hydrogen-bond donors (Lipinski definition) is 1. The lowest BCUT2D eigenvalue weighted by Gasteiger charge is -2.35. The number of nitrogens with one attached hydrogen (secondary N) is 1. The van der Waals surface area contributed by atoms with E-state index in [1.54, 1.807) is 36.2 Å². The Morgan fingerprint density at radius 1 is 1.08 bits per heavy atom. The van der Waals surface area contributed by atoms with E-state index < -0.39 is 0 Å². The molecule has 6 heteroatoms. The first-order valence-electron chi connectivity index (χ1n) is 8.22. The average molecular weight is 354 g/mol. The van der Waals surface area contributed by atoms with Crippen molar-refractivity contribution in [3.05, 3.63) is 29.3 Å². The Morgan fingerprint density at radius 2 is 1.62 bits per heavy atom. The van der Waals surface area contributed by atoms with E-state index in [1.165, 1.54) is 0 Å². The minimum absolute atomic E-state index is 0.0213. The number of amides is 2. The van der Waals surface area contributed by atoms with Crippen LogP contribution in [0.25, 0.3) is 0 Å². The quantitative estimate of drug-likeness (QED) is 0.818. The summed E-state index contributed by atoms with van der Waals surface area (Å²) < 4.78 is 0. The fourth-order valence-electron chi connectivity index (χ4n) is 2.63. The number of carbonyl (C=O) groups excluding carboxylic acids is 2. The van der Waals surface area contributed by atoms with Crippen molar-refractivity contribution in [3.63, 3.8) is 0 Å². The minimum atomic E-state index is -0.383. The number of carbonyl (C=O) groups is 2. The number of nitrogens with zero attached hydrogens (tertiary/aromatic N) is 2. The van der Waals surface area contributed by atoms with Crippen LogP contribution in [0.3, 0.4) is 0 Å². The number of halogens is 1. The molecule has 1 aromatic carbocycles. The zero-order chi connectivity index (χ0) is 18.4. The number of rotatable bonds is 7. The Bertz CT molecular complexity index is 567. The molecule has 0 aliphatic heterocycles. The zero-order valence-electron chi connectivity index (χ0n) is 15.3. The topological polar surface area (TPSA) is 52.7 Å². The highest BCUT2D eigenvalue weighted by molar-refractivity contribution is 6.33. The highest BCUT2D eigenvalue weighted by Crippen LogP contribution is 2.20. The lowest BCUT2D eigenvalue weighted by molar-refractivity contribution is -0.140. The van der Waals surface area contributed by atoms with Crippen LogP contribution in [0.1, 0.15) is 34.6 Å². The summed E-state index contributed by atoms with van der Waals surface area (Å²) in [6.07, 6.45) is 0. The monoisotopic (exact) mass is 353 g/mol. The fraction of sp³-hybridized carbons (Fsp3) is 0.556. The van der Waals surface area contributed by atoms with E-state index in [0.29, 0.717) is 10.7 Å². The van der Waals surface area contributed by atoms with E-state index in [2.05, 4.69) is 5.32 Å². The molecule has 0 fully saturated rings. The van der Waals surface area contributed by atoms with Crippen LogP contribution >= 0.6 is 11.6 Å². The second-order valence-corrected chi connectivity index (χ2v) is 6.96. The Balaban J connectivity index is 2.69. The molecule has 0 aromatic heterocycles. The Kier molecular flexibility index (Phi) is 7.70. The number of anilines is 1. The third kappa shape index (κ3) is 5.49. The van der Waals surface area contributed by atoms with Gasteiger partial charge in [0.25, 0.3) is 0 Å². The van der Waals surface area contributed by atoms with Gasteiger partial charge < -0.3 is 10.2 Å². The van der Waals surface area contributed by atoms with Gasteiger partial charge in [-0.25, -0.2) is 0 Å². The van der Waals surface area contributed by atoms with Gasteiger partial charge in [0.05, 0.1) is 23.3 Å². The van der Waals surface area contributed by atoms with Crippen molar-refractivity contribution in [1.82, 2.24) is 9.80 Å². The highest BCUT2D eigenvalue weighted by atomic mass is 35.5. The number of para-hydroxylation sites is 1. The van der Waals surface area contributed by atoms with Gasteiger partial charge in [-0.1, -0.05) is 23.7 Å². The van der Waals surface area contributed by atoms with Crippen LogP contribution in [0.2, 0.25) is 5.02 Å². The third-order valence-corrected chi connectivity index (χ3v) is 4.26. The molecule has 0 saturated carbocycles. The molecule has 1 unspecified atom stereocenters. The smallest absolute Gasteiger partial charge is 0.240 e. The molecule has 2 amide bonds. The first-order valence-corrected chi connectivity index (χ1v) is 8.59. The largest absolute Gasteiger partial charge is 0.336 e. The highest BCUT2D eigenvalue weighted by Gasteiger charge is 2.28. The van der Waals surface area contributed by atoms with Gasteiger partial charge in [0.1, 0.15) is 0 Å². The molecule has 1 rings (SSSR count). The lowest BCUT2D eigenvalue weighted by atomic mass is 10.1. The van der Waals surface area contributed by atoms with E-state index in [-0.39, 0.29) is 36.5 Å². The van der Waals surface area contributed by atoms with Gasteiger partial charge in [-0.2, -0.15) is 0 Å². The predicted octanol–water partition coefficient (Wildman–Crippen LogP) is 3.24. The van der Waals surface area contributed by atoms with Crippen LogP contribution in [0.4, 0.5) is 5.69 Å². The molecule has 1 N–H and O–H groups in total. The Hall–Kier alpha value is -1.59. The maximum absolute atomic E-state index is 12.7. The zero-order valence-corrected chi connectivity index (χ0v) is 16.1. The molecule has 0 bridgehead atoms.